The Morgan fingerprint density at radius 3 is 3.08 bits per heavy atom. The highest BCUT2D eigenvalue weighted by molar-refractivity contribution is 9.11. The number of hydrogen-bond donors (Lipinski definition) is 2. The fourth-order valence-electron chi connectivity index (χ4n) is 1.09. The van der Waals surface area contributed by atoms with Crippen LogP contribution in [0.4, 0.5) is 0 Å². The van der Waals surface area contributed by atoms with Gasteiger partial charge in [-0.25, -0.2) is 5.43 Å². The van der Waals surface area contributed by atoms with E-state index in [-0.39, 0.29) is 0 Å². The molecule has 0 radical (unpaired) electrons. The van der Waals surface area contributed by atoms with E-state index in [9.17, 15) is 0 Å². The van der Waals surface area contributed by atoms with Gasteiger partial charge in [-0.1, -0.05) is 18.6 Å². The van der Waals surface area contributed by atoms with Gasteiger partial charge >= 0.3 is 0 Å². The number of rotatable bonds is 0. The number of hydrazine groups is 1. The van der Waals surface area contributed by atoms with Gasteiger partial charge < -0.3 is 5.43 Å². The standard InChI is InChI=1S/C9H15BrN2/c10-9-6-4-2-1-3-5-7-11-12-8-9/h4,6,8,11-12H,1-3,5,7H2/b6-4-,9-8+. The summed E-state index contributed by atoms with van der Waals surface area (Å²) in [7, 11) is 0. The smallest absolute Gasteiger partial charge is 0.0343 e. The molecule has 1 aliphatic heterocycles. The molecule has 1 aliphatic rings. The third kappa shape index (κ3) is 4.57. The topological polar surface area (TPSA) is 24.1 Å². The van der Waals surface area contributed by atoms with Gasteiger partial charge in [0, 0.05) is 17.2 Å². The molecular formula is C9H15BrN2. The SMILES string of the molecule is BrC1=C/NNCCCCC/C=C\1. The molecule has 0 aromatic carbocycles. The highest BCUT2D eigenvalue weighted by atomic mass is 79.9. The minimum absolute atomic E-state index is 1.04. The average Bonchev–Trinajstić information content (AvgIpc) is 2.11. The molecule has 0 saturated carbocycles. The average molecular weight is 231 g/mol. The van der Waals surface area contributed by atoms with Crippen molar-refractivity contribution in [2.75, 3.05) is 6.54 Å². The van der Waals surface area contributed by atoms with Crippen LogP contribution < -0.4 is 10.9 Å². The molecule has 68 valence electrons. The minimum Gasteiger partial charge on any atom is -0.328 e. The summed E-state index contributed by atoms with van der Waals surface area (Å²) < 4.78 is 1.08. The first-order valence-corrected chi connectivity index (χ1v) is 5.19. The summed E-state index contributed by atoms with van der Waals surface area (Å²) in [6.07, 6.45) is 11.2. The molecule has 0 atom stereocenters. The van der Waals surface area contributed by atoms with Crippen molar-refractivity contribution in [3.63, 3.8) is 0 Å². The van der Waals surface area contributed by atoms with Crippen LogP contribution in [0.2, 0.25) is 0 Å². The molecule has 1 heterocycles. The normalized spacial score (nSPS) is 27.6. The van der Waals surface area contributed by atoms with Crippen LogP contribution >= 0.6 is 15.9 Å². The van der Waals surface area contributed by atoms with Gasteiger partial charge in [0.05, 0.1) is 0 Å². The Morgan fingerprint density at radius 1 is 1.25 bits per heavy atom. The quantitative estimate of drug-likeness (QED) is 0.669. The summed E-state index contributed by atoms with van der Waals surface area (Å²) in [5.41, 5.74) is 6.15. The molecule has 0 amide bonds. The van der Waals surface area contributed by atoms with Gasteiger partial charge in [0.2, 0.25) is 0 Å². The summed E-state index contributed by atoms with van der Waals surface area (Å²) in [5, 5.41) is 0. The van der Waals surface area contributed by atoms with Crippen molar-refractivity contribution in [1.29, 1.82) is 0 Å². The zero-order valence-electron chi connectivity index (χ0n) is 7.15. The molecule has 1 rings (SSSR count). The number of hydrogen-bond acceptors (Lipinski definition) is 2. The van der Waals surface area contributed by atoms with Gasteiger partial charge in [-0.2, -0.15) is 0 Å². The number of halogens is 1. The van der Waals surface area contributed by atoms with Crippen molar-refractivity contribution < 1.29 is 0 Å². The van der Waals surface area contributed by atoms with E-state index in [4.69, 9.17) is 0 Å². The van der Waals surface area contributed by atoms with E-state index in [1.54, 1.807) is 0 Å². The molecule has 2 nitrogen and oxygen atoms in total. The number of allylic oxidation sites excluding steroid dienone is 3. The van der Waals surface area contributed by atoms with Crippen LogP contribution in [0.1, 0.15) is 25.7 Å². The lowest BCUT2D eigenvalue weighted by Gasteiger charge is -2.02. The minimum atomic E-state index is 1.04. The van der Waals surface area contributed by atoms with Crippen molar-refractivity contribution in [3.05, 3.63) is 22.8 Å². The van der Waals surface area contributed by atoms with Crippen LogP contribution in [0.25, 0.3) is 0 Å². The maximum atomic E-state index is 3.43. The molecule has 0 fully saturated rings. The van der Waals surface area contributed by atoms with Crippen molar-refractivity contribution in [2.45, 2.75) is 25.7 Å². The van der Waals surface area contributed by atoms with Crippen molar-refractivity contribution >= 4 is 15.9 Å². The molecule has 2 N–H and O–H groups in total. The summed E-state index contributed by atoms with van der Waals surface area (Å²) >= 11 is 3.43. The summed E-state index contributed by atoms with van der Waals surface area (Å²) in [6.45, 7) is 1.04. The van der Waals surface area contributed by atoms with Gasteiger partial charge in [0.1, 0.15) is 0 Å². The van der Waals surface area contributed by atoms with Gasteiger partial charge in [0.25, 0.3) is 0 Å². The Kier molecular flexibility index (Phi) is 5.11. The summed E-state index contributed by atoms with van der Waals surface area (Å²) in [6, 6.07) is 0. The van der Waals surface area contributed by atoms with Gasteiger partial charge in [-0.05, 0) is 35.2 Å². The molecule has 0 aromatic heterocycles. The van der Waals surface area contributed by atoms with Crippen LogP contribution in [-0.4, -0.2) is 6.54 Å². The second kappa shape index (κ2) is 6.26. The number of nitrogens with one attached hydrogen (secondary N) is 2. The molecule has 3 heteroatoms. The second-order valence-corrected chi connectivity index (χ2v) is 3.77. The first-order chi connectivity index (χ1) is 5.89. The maximum Gasteiger partial charge on any atom is 0.0343 e. The van der Waals surface area contributed by atoms with Gasteiger partial charge in [-0.3, -0.25) is 0 Å². The van der Waals surface area contributed by atoms with E-state index >= 15 is 0 Å². The molecular weight excluding hydrogens is 216 g/mol. The molecule has 0 saturated heterocycles. The van der Waals surface area contributed by atoms with E-state index in [0.717, 1.165) is 11.0 Å². The Balaban J connectivity index is 2.37. The molecule has 0 unspecified atom stereocenters. The second-order valence-electron chi connectivity index (χ2n) is 2.85. The molecule has 0 aliphatic carbocycles. The lowest BCUT2D eigenvalue weighted by Crippen LogP contribution is -2.27. The van der Waals surface area contributed by atoms with Crippen LogP contribution in [0, 0.1) is 0 Å². The fourth-order valence-corrected chi connectivity index (χ4v) is 1.39. The predicted molar refractivity (Wildman–Crippen MR) is 55.8 cm³/mol. The van der Waals surface area contributed by atoms with E-state index in [1.165, 1.54) is 25.7 Å². The molecule has 12 heavy (non-hydrogen) atoms. The van der Waals surface area contributed by atoms with Crippen molar-refractivity contribution in [3.8, 4) is 0 Å². The fraction of sp³-hybridized carbons (Fsp3) is 0.556. The van der Waals surface area contributed by atoms with Crippen LogP contribution in [0.5, 0.6) is 0 Å². The Morgan fingerprint density at radius 2 is 2.17 bits per heavy atom. The van der Waals surface area contributed by atoms with E-state index in [1.807, 2.05) is 6.20 Å². The largest absolute Gasteiger partial charge is 0.328 e. The third-order valence-electron chi connectivity index (χ3n) is 1.76. The van der Waals surface area contributed by atoms with Crippen LogP contribution in [-0.2, 0) is 0 Å². The van der Waals surface area contributed by atoms with Crippen molar-refractivity contribution in [1.82, 2.24) is 10.9 Å². The summed E-state index contributed by atoms with van der Waals surface area (Å²) in [4.78, 5) is 0. The maximum absolute atomic E-state index is 3.43. The highest BCUT2D eigenvalue weighted by Gasteiger charge is 1.90. The Labute approximate surface area is 82.2 Å². The predicted octanol–water partition coefficient (Wildman–Crippen LogP) is 2.45. The zero-order chi connectivity index (χ0) is 8.65. The Bertz CT molecular complexity index is 175. The zero-order valence-corrected chi connectivity index (χ0v) is 8.73. The molecule has 0 bridgehead atoms. The molecule has 0 aromatic rings. The van der Waals surface area contributed by atoms with E-state index in [2.05, 4.69) is 38.9 Å². The monoisotopic (exact) mass is 230 g/mol. The third-order valence-corrected chi connectivity index (χ3v) is 2.26. The van der Waals surface area contributed by atoms with Crippen molar-refractivity contribution in [2.24, 2.45) is 0 Å². The van der Waals surface area contributed by atoms with Crippen LogP contribution in [0.15, 0.2) is 22.8 Å². The van der Waals surface area contributed by atoms with Gasteiger partial charge in [-0.15, -0.1) is 0 Å². The highest BCUT2D eigenvalue weighted by Crippen LogP contribution is 2.07. The van der Waals surface area contributed by atoms with E-state index in [0.29, 0.717) is 0 Å². The lowest BCUT2D eigenvalue weighted by molar-refractivity contribution is 0.571. The van der Waals surface area contributed by atoms with E-state index < -0.39 is 0 Å². The van der Waals surface area contributed by atoms with Gasteiger partial charge in [0.15, 0.2) is 0 Å². The molecule has 0 spiro atoms. The first kappa shape index (κ1) is 9.81. The Hall–Kier alpha value is -0.280. The summed E-state index contributed by atoms with van der Waals surface area (Å²) in [5.74, 6) is 0. The van der Waals surface area contributed by atoms with Crippen LogP contribution in [0.3, 0.4) is 0 Å². The first-order valence-electron chi connectivity index (χ1n) is 4.40. The lowest BCUT2D eigenvalue weighted by atomic mass is 10.2.